The molecule has 0 aliphatic carbocycles. The Kier molecular flexibility index (Phi) is 4.13. The minimum absolute atomic E-state index is 0.217. The van der Waals surface area contributed by atoms with E-state index in [1.165, 1.54) is 13.2 Å². The van der Waals surface area contributed by atoms with Gasteiger partial charge >= 0.3 is 6.18 Å². The molecule has 0 bridgehead atoms. The van der Waals surface area contributed by atoms with E-state index in [4.69, 9.17) is 15.3 Å². The quantitative estimate of drug-likeness (QED) is 0.667. The highest BCUT2D eigenvalue weighted by Crippen LogP contribution is 2.34. The second kappa shape index (κ2) is 5.83. The number of nitrogens with two attached hydrogens (primary N) is 1. The zero-order chi connectivity index (χ0) is 15.5. The molecule has 6 nitrogen and oxygen atoms in total. The number of hydrogen-bond donors (Lipinski definition) is 2. The normalized spacial score (nSPS) is 11.1. The highest BCUT2D eigenvalue weighted by atomic mass is 19.4. The third-order valence-corrected chi connectivity index (χ3v) is 2.41. The minimum Gasteiger partial charge on any atom is -0.493 e. The number of aromatic nitrogens is 2. The number of hydrazine groups is 1. The summed E-state index contributed by atoms with van der Waals surface area (Å²) in [5.41, 5.74) is 0.790. The Bertz CT molecular complexity index is 634. The number of hydrogen-bond acceptors (Lipinski definition) is 6. The maximum absolute atomic E-state index is 12.7. The molecule has 0 aliphatic rings. The molecule has 0 atom stereocenters. The molecule has 1 aromatic carbocycles. The number of nitrogens with zero attached hydrogens (tertiary/aromatic N) is 2. The third-order valence-electron chi connectivity index (χ3n) is 2.41. The first-order valence-electron chi connectivity index (χ1n) is 5.68. The van der Waals surface area contributed by atoms with E-state index in [-0.39, 0.29) is 11.6 Å². The molecule has 2 rings (SSSR count). The van der Waals surface area contributed by atoms with E-state index >= 15 is 0 Å². The number of benzene rings is 1. The summed E-state index contributed by atoms with van der Waals surface area (Å²) < 4.78 is 48.5. The van der Waals surface area contributed by atoms with Crippen LogP contribution >= 0.6 is 0 Å². The highest BCUT2D eigenvalue weighted by Gasteiger charge is 2.34. The molecule has 0 saturated heterocycles. The van der Waals surface area contributed by atoms with Gasteiger partial charge in [-0.15, -0.1) is 0 Å². The number of nitrogen functional groups attached to an aromatic ring is 1. The summed E-state index contributed by atoms with van der Waals surface area (Å²) in [5, 5.41) is 0. The van der Waals surface area contributed by atoms with Crippen molar-refractivity contribution in [3.63, 3.8) is 0 Å². The zero-order valence-corrected chi connectivity index (χ0v) is 10.8. The molecule has 0 spiro atoms. The summed E-state index contributed by atoms with van der Waals surface area (Å²) >= 11 is 0. The van der Waals surface area contributed by atoms with Crippen LogP contribution in [0.1, 0.15) is 5.69 Å². The predicted molar refractivity (Wildman–Crippen MR) is 67.9 cm³/mol. The Morgan fingerprint density at radius 2 is 1.81 bits per heavy atom. The van der Waals surface area contributed by atoms with E-state index in [9.17, 15) is 13.2 Å². The van der Waals surface area contributed by atoms with Gasteiger partial charge in [0.05, 0.1) is 7.11 Å². The molecule has 9 heteroatoms. The predicted octanol–water partition coefficient (Wildman–Crippen LogP) is 2.58. The van der Waals surface area contributed by atoms with Crippen LogP contribution in [0.15, 0.2) is 30.3 Å². The van der Waals surface area contributed by atoms with Crippen molar-refractivity contribution in [2.45, 2.75) is 6.18 Å². The van der Waals surface area contributed by atoms with Gasteiger partial charge in [0.2, 0.25) is 11.8 Å². The van der Waals surface area contributed by atoms with Crippen molar-refractivity contribution in [2.75, 3.05) is 12.5 Å². The molecule has 0 aliphatic heterocycles. The molecule has 0 amide bonds. The molecule has 0 unspecified atom stereocenters. The SMILES string of the molecule is COc1ccccc1Oc1cc(C(F)(F)F)nc(NN)n1. The molecule has 0 radical (unpaired) electrons. The van der Waals surface area contributed by atoms with Gasteiger partial charge in [0, 0.05) is 6.07 Å². The summed E-state index contributed by atoms with van der Waals surface area (Å²) in [4.78, 5) is 6.93. The lowest BCUT2D eigenvalue weighted by atomic mass is 10.3. The van der Waals surface area contributed by atoms with Crippen LogP contribution in [0.5, 0.6) is 17.4 Å². The van der Waals surface area contributed by atoms with Crippen LogP contribution in [0, 0.1) is 0 Å². The Balaban J connectivity index is 2.39. The zero-order valence-electron chi connectivity index (χ0n) is 10.8. The molecule has 21 heavy (non-hydrogen) atoms. The lowest BCUT2D eigenvalue weighted by molar-refractivity contribution is -0.141. The van der Waals surface area contributed by atoms with Crippen molar-refractivity contribution in [1.29, 1.82) is 0 Å². The van der Waals surface area contributed by atoms with Gasteiger partial charge in [0.15, 0.2) is 17.2 Å². The number of alkyl halides is 3. The number of ether oxygens (including phenoxy) is 2. The minimum atomic E-state index is -4.65. The van der Waals surface area contributed by atoms with Gasteiger partial charge in [-0.2, -0.15) is 18.2 Å². The van der Waals surface area contributed by atoms with Gasteiger partial charge in [-0.25, -0.2) is 10.8 Å². The first kappa shape index (κ1) is 14.9. The summed E-state index contributed by atoms with van der Waals surface area (Å²) in [6, 6.07) is 7.14. The second-order valence-corrected chi connectivity index (χ2v) is 3.81. The summed E-state index contributed by atoms with van der Waals surface area (Å²) in [5.74, 6) is 4.91. The van der Waals surface area contributed by atoms with Crippen molar-refractivity contribution >= 4 is 5.95 Å². The van der Waals surface area contributed by atoms with Gasteiger partial charge < -0.3 is 9.47 Å². The first-order valence-corrected chi connectivity index (χ1v) is 5.68. The number of rotatable bonds is 4. The monoisotopic (exact) mass is 300 g/mol. The van der Waals surface area contributed by atoms with Crippen LogP contribution in [0.3, 0.4) is 0 Å². The van der Waals surface area contributed by atoms with Crippen molar-refractivity contribution in [1.82, 2.24) is 9.97 Å². The molecule has 0 saturated carbocycles. The van der Waals surface area contributed by atoms with Crippen LogP contribution in [0.2, 0.25) is 0 Å². The Hall–Kier alpha value is -2.55. The number of para-hydroxylation sites is 2. The first-order chi connectivity index (χ1) is 9.94. The maximum Gasteiger partial charge on any atom is 0.433 e. The Labute approximate surface area is 117 Å². The molecule has 0 fully saturated rings. The standard InChI is InChI=1S/C12H11F3N4O2/c1-20-7-4-2-3-5-8(7)21-10-6-9(12(13,14)15)17-11(18-10)19-16/h2-6H,16H2,1H3,(H,17,18,19). The van der Waals surface area contributed by atoms with Crippen molar-refractivity contribution < 1.29 is 22.6 Å². The van der Waals surface area contributed by atoms with E-state index in [1.54, 1.807) is 18.2 Å². The van der Waals surface area contributed by atoms with Crippen molar-refractivity contribution in [3.05, 3.63) is 36.0 Å². The fraction of sp³-hybridized carbons (Fsp3) is 0.167. The van der Waals surface area contributed by atoms with Crippen LogP contribution in [0.4, 0.5) is 19.1 Å². The summed E-state index contributed by atoms with van der Waals surface area (Å²) in [7, 11) is 1.41. The van der Waals surface area contributed by atoms with Crippen molar-refractivity contribution in [3.8, 4) is 17.4 Å². The second-order valence-electron chi connectivity index (χ2n) is 3.81. The average molecular weight is 300 g/mol. The van der Waals surface area contributed by atoms with Crippen molar-refractivity contribution in [2.24, 2.45) is 5.84 Å². The highest BCUT2D eigenvalue weighted by molar-refractivity contribution is 5.42. The van der Waals surface area contributed by atoms with Gasteiger partial charge in [-0.05, 0) is 12.1 Å². The smallest absolute Gasteiger partial charge is 0.433 e. The number of methoxy groups -OCH3 is 1. The summed E-state index contributed by atoms with van der Waals surface area (Å²) in [6.07, 6.45) is -4.65. The van der Waals surface area contributed by atoms with Crippen LogP contribution in [-0.2, 0) is 6.18 Å². The van der Waals surface area contributed by atoms with Gasteiger partial charge in [-0.3, -0.25) is 5.43 Å². The number of halogens is 3. The number of anilines is 1. The molecule has 2 aromatic rings. The van der Waals surface area contributed by atoms with Crippen LogP contribution in [-0.4, -0.2) is 17.1 Å². The lowest BCUT2D eigenvalue weighted by Gasteiger charge is -2.12. The lowest BCUT2D eigenvalue weighted by Crippen LogP contribution is -2.15. The molecule has 1 heterocycles. The van der Waals surface area contributed by atoms with E-state index in [0.717, 1.165) is 0 Å². The third kappa shape index (κ3) is 3.51. The largest absolute Gasteiger partial charge is 0.493 e. The Morgan fingerprint density at radius 1 is 1.14 bits per heavy atom. The molecule has 3 N–H and O–H groups in total. The maximum atomic E-state index is 12.7. The molecule has 112 valence electrons. The fourth-order valence-electron chi connectivity index (χ4n) is 1.50. The van der Waals surface area contributed by atoms with E-state index in [1.807, 2.05) is 5.43 Å². The molecular formula is C12H11F3N4O2. The number of nitrogens with one attached hydrogen (secondary N) is 1. The van der Waals surface area contributed by atoms with Crippen LogP contribution < -0.4 is 20.7 Å². The summed E-state index contributed by atoms with van der Waals surface area (Å²) in [6.45, 7) is 0. The molecule has 1 aromatic heterocycles. The van der Waals surface area contributed by atoms with Crippen LogP contribution in [0.25, 0.3) is 0 Å². The van der Waals surface area contributed by atoms with E-state index in [2.05, 4.69) is 9.97 Å². The van der Waals surface area contributed by atoms with E-state index < -0.39 is 17.8 Å². The van der Waals surface area contributed by atoms with E-state index in [0.29, 0.717) is 11.8 Å². The average Bonchev–Trinajstić information content (AvgIpc) is 2.46. The fourth-order valence-corrected chi connectivity index (χ4v) is 1.50. The molecular weight excluding hydrogens is 289 g/mol. The van der Waals surface area contributed by atoms with Gasteiger partial charge in [0.25, 0.3) is 0 Å². The van der Waals surface area contributed by atoms with Gasteiger partial charge in [-0.1, -0.05) is 12.1 Å². The topological polar surface area (TPSA) is 82.3 Å². The Morgan fingerprint density at radius 3 is 2.38 bits per heavy atom. The van der Waals surface area contributed by atoms with Gasteiger partial charge in [0.1, 0.15) is 0 Å².